The molecule has 2 unspecified atom stereocenters. The van der Waals surface area contributed by atoms with Crippen LogP contribution in [0.1, 0.15) is 61.5 Å². The summed E-state index contributed by atoms with van der Waals surface area (Å²) in [6.45, 7) is 4.29. The first kappa shape index (κ1) is 17.1. The number of piperidine rings is 1. The molecule has 2 aliphatic rings. The fourth-order valence-electron chi connectivity index (χ4n) is 4.10. The van der Waals surface area contributed by atoms with Gasteiger partial charge in [0.2, 0.25) is 0 Å². The summed E-state index contributed by atoms with van der Waals surface area (Å²) in [5.41, 5.74) is 2.15. The molecule has 2 fully saturated rings. The van der Waals surface area contributed by atoms with Crippen molar-refractivity contribution in [1.82, 2.24) is 20.4 Å². The zero-order valence-corrected chi connectivity index (χ0v) is 15.3. The van der Waals surface area contributed by atoms with Crippen LogP contribution in [-0.2, 0) is 0 Å². The molecule has 0 saturated carbocycles. The lowest BCUT2D eigenvalue weighted by Gasteiger charge is -2.29. The molecular formula is C20H26N4O2. The highest BCUT2D eigenvalue weighted by atomic mass is 16.3. The van der Waals surface area contributed by atoms with Crippen LogP contribution < -0.4 is 10.6 Å². The average Bonchev–Trinajstić information content (AvgIpc) is 3.17. The van der Waals surface area contributed by atoms with Crippen LogP contribution in [0.2, 0.25) is 0 Å². The van der Waals surface area contributed by atoms with Crippen molar-refractivity contribution >= 4 is 5.91 Å². The number of carbonyl (C=O) groups excluding carboxylic acids is 1. The first-order chi connectivity index (χ1) is 12.5. The van der Waals surface area contributed by atoms with Gasteiger partial charge in [-0.25, -0.2) is 4.68 Å². The van der Waals surface area contributed by atoms with Gasteiger partial charge in [-0.15, -0.1) is 0 Å². The van der Waals surface area contributed by atoms with Gasteiger partial charge in [0.25, 0.3) is 5.91 Å². The molecule has 2 aromatic rings. The largest absolute Gasteiger partial charge is 0.504 e. The second kappa shape index (κ2) is 6.76. The first-order valence-corrected chi connectivity index (χ1v) is 9.45. The zero-order chi connectivity index (χ0) is 18.3. The van der Waals surface area contributed by atoms with E-state index in [1.807, 2.05) is 24.3 Å². The molecule has 2 bridgehead atoms. The van der Waals surface area contributed by atoms with Gasteiger partial charge in [-0.05, 0) is 49.3 Å². The molecule has 1 aromatic heterocycles. The lowest BCUT2D eigenvalue weighted by Crippen LogP contribution is -2.48. The van der Waals surface area contributed by atoms with Gasteiger partial charge < -0.3 is 15.7 Å². The molecule has 2 aliphatic heterocycles. The van der Waals surface area contributed by atoms with E-state index < -0.39 is 0 Å². The molecule has 6 nitrogen and oxygen atoms in total. The van der Waals surface area contributed by atoms with E-state index >= 15 is 0 Å². The topological polar surface area (TPSA) is 79.2 Å². The summed E-state index contributed by atoms with van der Waals surface area (Å²) in [7, 11) is 0. The van der Waals surface area contributed by atoms with E-state index in [0.29, 0.717) is 18.0 Å². The fraction of sp³-hybridized carbons (Fsp3) is 0.500. The van der Waals surface area contributed by atoms with Crippen LogP contribution in [0.4, 0.5) is 0 Å². The third-order valence-corrected chi connectivity index (χ3v) is 5.54. The van der Waals surface area contributed by atoms with Crippen molar-refractivity contribution in [2.75, 3.05) is 0 Å². The number of nitrogens with zero attached hydrogens (tertiary/aromatic N) is 2. The maximum atomic E-state index is 12.6. The van der Waals surface area contributed by atoms with Crippen LogP contribution in [-0.4, -0.2) is 38.9 Å². The van der Waals surface area contributed by atoms with Gasteiger partial charge in [0.05, 0.1) is 11.9 Å². The number of amides is 1. The number of rotatable bonds is 4. The molecule has 6 heteroatoms. The van der Waals surface area contributed by atoms with E-state index in [-0.39, 0.29) is 23.4 Å². The molecule has 1 amide bonds. The van der Waals surface area contributed by atoms with E-state index in [0.717, 1.165) is 18.5 Å². The third-order valence-electron chi connectivity index (χ3n) is 5.54. The van der Waals surface area contributed by atoms with Crippen molar-refractivity contribution in [1.29, 1.82) is 0 Å². The molecule has 0 spiro atoms. The van der Waals surface area contributed by atoms with Gasteiger partial charge >= 0.3 is 0 Å². The predicted molar refractivity (Wildman–Crippen MR) is 99.8 cm³/mol. The summed E-state index contributed by atoms with van der Waals surface area (Å²) in [6.07, 6.45) is 5.75. The van der Waals surface area contributed by atoms with Crippen LogP contribution >= 0.6 is 0 Å². The van der Waals surface area contributed by atoms with Crippen LogP contribution in [0.5, 0.6) is 5.75 Å². The van der Waals surface area contributed by atoms with E-state index in [9.17, 15) is 9.90 Å². The summed E-state index contributed by atoms with van der Waals surface area (Å²) in [4.78, 5) is 12.6. The molecule has 2 saturated heterocycles. The minimum Gasteiger partial charge on any atom is -0.504 e. The van der Waals surface area contributed by atoms with Crippen molar-refractivity contribution in [3.63, 3.8) is 0 Å². The van der Waals surface area contributed by atoms with Gasteiger partial charge in [-0.1, -0.05) is 26.0 Å². The summed E-state index contributed by atoms with van der Waals surface area (Å²) >= 11 is 0. The lowest BCUT2D eigenvalue weighted by molar-refractivity contribution is 0.0916. The molecule has 26 heavy (non-hydrogen) atoms. The maximum Gasteiger partial charge on any atom is 0.275 e. The lowest BCUT2D eigenvalue weighted by atomic mass is 10.00. The number of fused-ring (bicyclic) bond motifs is 2. The molecule has 3 N–H and O–H groups in total. The number of benzene rings is 1. The second-order valence-corrected chi connectivity index (χ2v) is 7.83. The Balaban J connectivity index is 1.48. The highest BCUT2D eigenvalue weighted by Crippen LogP contribution is 2.27. The smallest absolute Gasteiger partial charge is 0.275 e. The molecule has 2 atom stereocenters. The average molecular weight is 354 g/mol. The van der Waals surface area contributed by atoms with Gasteiger partial charge in [0.1, 0.15) is 0 Å². The Hall–Kier alpha value is -2.34. The van der Waals surface area contributed by atoms with Gasteiger partial charge in [0.15, 0.2) is 11.4 Å². The van der Waals surface area contributed by atoms with Gasteiger partial charge in [-0.2, -0.15) is 5.10 Å². The van der Waals surface area contributed by atoms with Gasteiger partial charge in [-0.3, -0.25) is 4.79 Å². The number of carbonyl (C=O) groups is 1. The maximum absolute atomic E-state index is 12.6. The summed E-state index contributed by atoms with van der Waals surface area (Å²) < 4.78 is 1.56. The summed E-state index contributed by atoms with van der Waals surface area (Å²) in [5, 5.41) is 21.1. The van der Waals surface area contributed by atoms with Crippen LogP contribution in [0, 0.1) is 0 Å². The zero-order valence-electron chi connectivity index (χ0n) is 15.3. The first-order valence-electron chi connectivity index (χ1n) is 9.45. The van der Waals surface area contributed by atoms with E-state index in [4.69, 9.17) is 0 Å². The highest BCUT2D eigenvalue weighted by Gasteiger charge is 2.34. The second-order valence-electron chi connectivity index (χ2n) is 7.83. The molecular weight excluding hydrogens is 328 g/mol. The van der Waals surface area contributed by atoms with Crippen molar-refractivity contribution < 1.29 is 9.90 Å². The SMILES string of the molecule is CC(C)c1ccc(-n2cc(O)c(C(=O)NC3CC4CCC(C3)N4)n2)cc1. The Morgan fingerprint density at radius 1 is 1.23 bits per heavy atom. The number of hydrogen-bond donors (Lipinski definition) is 3. The molecule has 1 aromatic carbocycles. The third kappa shape index (κ3) is 3.33. The molecule has 3 heterocycles. The Kier molecular flexibility index (Phi) is 4.44. The normalized spacial score (nSPS) is 24.8. The number of nitrogens with one attached hydrogen (secondary N) is 2. The number of hydrogen-bond acceptors (Lipinski definition) is 4. The molecule has 0 radical (unpaired) electrons. The van der Waals surface area contributed by atoms with Crippen LogP contribution in [0.25, 0.3) is 5.69 Å². The summed E-state index contributed by atoms with van der Waals surface area (Å²) in [5.74, 6) is 0.0652. The predicted octanol–water partition coefficient (Wildman–Crippen LogP) is 2.71. The number of aromatic nitrogens is 2. The minimum atomic E-state index is -0.300. The van der Waals surface area contributed by atoms with Crippen molar-refractivity contribution in [2.45, 2.75) is 63.6 Å². The molecule has 0 aliphatic carbocycles. The minimum absolute atomic E-state index is 0.0869. The standard InChI is InChI=1S/C20H26N4O2/c1-12(2)13-3-7-17(8-4-13)24-11-18(25)19(23-24)20(26)22-16-9-14-5-6-15(10-16)21-14/h3-4,7-8,11-12,14-16,21,25H,5-6,9-10H2,1-2H3,(H,22,26). The van der Waals surface area contributed by atoms with Crippen LogP contribution in [0.15, 0.2) is 30.5 Å². The number of aromatic hydroxyl groups is 1. The summed E-state index contributed by atoms with van der Waals surface area (Å²) in [6, 6.07) is 9.15. The Bertz CT molecular complexity index is 785. The Morgan fingerprint density at radius 3 is 2.50 bits per heavy atom. The molecule has 138 valence electrons. The van der Waals surface area contributed by atoms with Crippen molar-refractivity contribution in [2.24, 2.45) is 0 Å². The van der Waals surface area contributed by atoms with Crippen LogP contribution in [0.3, 0.4) is 0 Å². The highest BCUT2D eigenvalue weighted by molar-refractivity contribution is 5.95. The van der Waals surface area contributed by atoms with Gasteiger partial charge in [0, 0.05) is 18.1 Å². The van der Waals surface area contributed by atoms with Crippen molar-refractivity contribution in [3.8, 4) is 11.4 Å². The fourth-order valence-corrected chi connectivity index (χ4v) is 4.10. The molecule has 4 rings (SSSR count). The Morgan fingerprint density at radius 2 is 1.88 bits per heavy atom. The van der Waals surface area contributed by atoms with E-state index in [1.165, 1.54) is 24.6 Å². The quantitative estimate of drug-likeness (QED) is 0.789. The van der Waals surface area contributed by atoms with Crippen molar-refractivity contribution in [3.05, 3.63) is 41.7 Å². The monoisotopic (exact) mass is 354 g/mol. The van der Waals surface area contributed by atoms with E-state index in [2.05, 4.69) is 29.6 Å². The Labute approximate surface area is 153 Å². The van der Waals surface area contributed by atoms with E-state index in [1.54, 1.807) is 4.68 Å².